The Morgan fingerprint density at radius 1 is 1.32 bits per heavy atom. The third kappa shape index (κ3) is 5.95. The molecule has 0 fully saturated rings. The fraction of sp³-hybridized carbons (Fsp3) is 0.538. The third-order valence-electron chi connectivity index (χ3n) is 2.80. The molecule has 0 radical (unpaired) electrons. The Morgan fingerprint density at radius 3 is 2.53 bits per heavy atom. The number of sulfonamides is 1. The summed E-state index contributed by atoms with van der Waals surface area (Å²) in [5.74, 6) is -0.0642. The number of nitrogens with one attached hydrogen (secondary N) is 1. The van der Waals surface area contributed by atoms with Crippen molar-refractivity contribution in [1.29, 1.82) is 0 Å². The highest BCUT2D eigenvalue weighted by Crippen LogP contribution is 2.20. The van der Waals surface area contributed by atoms with Crippen LogP contribution in [0.15, 0.2) is 24.3 Å². The lowest BCUT2D eigenvalue weighted by Crippen LogP contribution is -2.36. The quantitative estimate of drug-likeness (QED) is 0.805. The van der Waals surface area contributed by atoms with Gasteiger partial charge in [-0.2, -0.15) is 11.8 Å². The number of hydrogen-bond donors (Lipinski definition) is 2. The lowest BCUT2D eigenvalue weighted by molar-refractivity contribution is 0.282. The first-order valence-corrected chi connectivity index (χ1v) is 8.87. The summed E-state index contributed by atoms with van der Waals surface area (Å²) in [5, 5.41) is 9.03. The molecule has 108 valence electrons. The zero-order valence-electron chi connectivity index (χ0n) is 11.5. The van der Waals surface area contributed by atoms with Gasteiger partial charge in [-0.15, -0.1) is 0 Å². The molecule has 2 N–H and O–H groups in total. The highest BCUT2D eigenvalue weighted by Gasteiger charge is 2.20. The summed E-state index contributed by atoms with van der Waals surface area (Å²) in [6, 6.07) is 6.97. The minimum atomic E-state index is -3.35. The largest absolute Gasteiger partial charge is 0.392 e. The Kier molecular flexibility index (Phi) is 5.85. The lowest BCUT2D eigenvalue weighted by Gasteiger charge is -2.22. The Balaban J connectivity index is 2.69. The van der Waals surface area contributed by atoms with Crippen LogP contribution in [0.1, 0.15) is 25.0 Å². The molecule has 0 saturated heterocycles. The van der Waals surface area contributed by atoms with E-state index in [-0.39, 0.29) is 17.1 Å². The average Bonchev–Trinajstić information content (AvgIpc) is 2.36. The van der Waals surface area contributed by atoms with E-state index in [1.165, 1.54) is 0 Å². The van der Waals surface area contributed by atoms with Gasteiger partial charge in [-0.1, -0.05) is 24.3 Å². The second-order valence-corrected chi connectivity index (χ2v) is 8.34. The molecule has 4 nitrogen and oxygen atoms in total. The van der Waals surface area contributed by atoms with Gasteiger partial charge in [-0.3, -0.25) is 0 Å². The van der Waals surface area contributed by atoms with Crippen molar-refractivity contribution in [3.8, 4) is 0 Å². The van der Waals surface area contributed by atoms with Crippen LogP contribution < -0.4 is 4.72 Å². The second kappa shape index (κ2) is 6.74. The van der Waals surface area contributed by atoms with Gasteiger partial charge in [-0.25, -0.2) is 13.1 Å². The summed E-state index contributed by atoms with van der Waals surface area (Å²) in [5.41, 5.74) is 1.40. The number of rotatable bonds is 7. The van der Waals surface area contributed by atoms with Crippen molar-refractivity contribution in [3.63, 3.8) is 0 Å². The second-order valence-electron chi connectivity index (χ2n) is 5.02. The normalized spacial score (nSPS) is 12.6. The number of aliphatic hydroxyl groups excluding tert-OH is 1. The fourth-order valence-corrected chi connectivity index (χ4v) is 3.05. The van der Waals surface area contributed by atoms with Crippen LogP contribution in [-0.2, 0) is 22.4 Å². The molecule has 19 heavy (non-hydrogen) atoms. The standard InChI is InChI=1S/C13H21NO3S2/c1-13(2,18-3)10-14-19(16,17)9-12-6-4-5-11(7-12)8-15/h4-7,14-15H,8-10H2,1-3H3. The van der Waals surface area contributed by atoms with Crippen molar-refractivity contribution < 1.29 is 13.5 Å². The van der Waals surface area contributed by atoms with E-state index < -0.39 is 10.0 Å². The molecule has 1 aromatic carbocycles. The Labute approximate surface area is 119 Å². The molecule has 0 aliphatic heterocycles. The maximum Gasteiger partial charge on any atom is 0.215 e. The molecule has 1 rings (SSSR count). The maximum atomic E-state index is 12.0. The van der Waals surface area contributed by atoms with Crippen LogP contribution in [0.25, 0.3) is 0 Å². The van der Waals surface area contributed by atoms with Gasteiger partial charge in [0.1, 0.15) is 0 Å². The van der Waals surface area contributed by atoms with E-state index in [1.54, 1.807) is 36.0 Å². The van der Waals surface area contributed by atoms with Gasteiger partial charge < -0.3 is 5.11 Å². The highest BCUT2D eigenvalue weighted by molar-refractivity contribution is 8.00. The van der Waals surface area contributed by atoms with E-state index in [4.69, 9.17) is 5.11 Å². The number of hydrogen-bond acceptors (Lipinski definition) is 4. The lowest BCUT2D eigenvalue weighted by atomic mass is 10.1. The molecule has 0 spiro atoms. The average molecular weight is 303 g/mol. The summed E-state index contributed by atoms with van der Waals surface area (Å²) in [6.07, 6.45) is 1.96. The van der Waals surface area contributed by atoms with Gasteiger partial charge in [0.05, 0.1) is 12.4 Å². The van der Waals surface area contributed by atoms with E-state index >= 15 is 0 Å². The molecule has 0 aliphatic rings. The van der Waals surface area contributed by atoms with Gasteiger partial charge in [0.15, 0.2) is 0 Å². The summed E-state index contributed by atoms with van der Waals surface area (Å²) >= 11 is 1.62. The zero-order chi connectivity index (χ0) is 14.5. The number of thioether (sulfide) groups is 1. The first-order chi connectivity index (χ1) is 8.78. The molecule has 0 unspecified atom stereocenters. The zero-order valence-corrected chi connectivity index (χ0v) is 13.1. The first-order valence-electron chi connectivity index (χ1n) is 5.99. The molecule has 0 atom stereocenters. The van der Waals surface area contributed by atoms with Gasteiger partial charge >= 0.3 is 0 Å². The maximum absolute atomic E-state index is 12.0. The van der Waals surface area contributed by atoms with Crippen molar-refractivity contribution in [1.82, 2.24) is 4.72 Å². The topological polar surface area (TPSA) is 66.4 Å². The minimum Gasteiger partial charge on any atom is -0.392 e. The molecule has 0 heterocycles. The van der Waals surface area contributed by atoms with Crippen molar-refractivity contribution in [2.75, 3.05) is 12.8 Å². The van der Waals surface area contributed by atoms with E-state index in [0.717, 1.165) is 5.56 Å². The minimum absolute atomic E-state index is 0.0642. The van der Waals surface area contributed by atoms with Gasteiger partial charge in [-0.05, 0) is 31.2 Å². The molecule has 0 bridgehead atoms. The van der Waals surface area contributed by atoms with Crippen LogP contribution in [0, 0.1) is 0 Å². The molecule has 0 amide bonds. The molecule has 0 saturated carbocycles. The van der Waals surface area contributed by atoms with Crippen LogP contribution in [0.4, 0.5) is 0 Å². The number of aliphatic hydroxyl groups is 1. The van der Waals surface area contributed by atoms with E-state index in [0.29, 0.717) is 12.1 Å². The SMILES string of the molecule is CSC(C)(C)CNS(=O)(=O)Cc1cccc(CO)c1. The van der Waals surface area contributed by atoms with Crippen molar-refractivity contribution in [2.24, 2.45) is 0 Å². The smallest absolute Gasteiger partial charge is 0.215 e. The monoisotopic (exact) mass is 303 g/mol. The molecule has 6 heteroatoms. The van der Waals surface area contributed by atoms with Crippen molar-refractivity contribution >= 4 is 21.8 Å². The molecular formula is C13H21NO3S2. The Bertz CT molecular complexity index is 512. The molecule has 1 aromatic rings. The fourth-order valence-electron chi connectivity index (χ4n) is 1.44. The van der Waals surface area contributed by atoms with Crippen LogP contribution in [0.2, 0.25) is 0 Å². The predicted molar refractivity (Wildman–Crippen MR) is 80.6 cm³/mol. The first kappa shape index (κ1) is 16.5. The Hall–Kier alpha value is -0.560. The summed E-state index contributed by atoms with van der Waals surface area (Å²) in [4.78, 5) is 0. The van der Waals surface area contributed by atoms with Crippen molar-refractivity contribution in [3.05, 3.63) is 35.4 Å². The van der Waals surface area contributed by atoms with Gasteiger partial charge in [0.2, 0.25) is 10.0 Å². The van der Waals surface area contributed by atoms with E-state index in [2.05, 4.69) is 4.72 Å². The third-order valence-corrected chi connectivity index (χ3v) is 5.35. The van der Waals surface area contributed by atoms with E-state index in [9.17, 15) is 8.42 Å². The summed E-state index contributed by atoms with van der Waals surface area (Å²) in [6.45, 7) is 4.30. The van der Waals surface area contributed by atoms with Gasteiger partial charge in [0, 0.05) is 11.3 Å². The summed E-state index contributed by atoms with van der Waals surface area (Å²) < 4.78 is 26.5. The molecular weight excluding hydrogens is 282 g/mol. The van der Waals surface area contributed by atoms with Crippen LogP contribution in [0.5, 0.6) is 0 Å². The van der Waals surface area contributed by atoms with Gasteiger partial charge in [0.25, 0.3) is 0 Å². The Morgan fingerprint density at radius 2 is 1.95 bits per heavy atom. The molecule has 0 aromatic heterocycles. The van der Waals surface area contributed by atoms with Crippen LogP contribution >= 0.6 is 11.8 Å². The van der Waals surface area contributed by atoms with Crippen LogP contribution in [0.3, 0.4) is 0 Å². The van der Waals surface area contributed by atoms with Crippen molar-refractivity contribution in [2.45, 2.75) is 31.0 Å². The predicted octanol–water partition coefficient (Wildman–Crippen LogP) is 1.74. The van der Waals surface area contributed by atoms with E-state index in [1.807, 2.05) is 20.1 Å². The summed E-state index contributed by atoms with van der Waals surface area (Å²) in [7, 11) is -3.35. The highest BCUT2D eigenvalue weighted by atomic mass is 32.2. The van der Waals surface area contributed by atoms with Crippen LogP contribution in [-0.4, -0.2) is 31.1 Å². The molecule has 0 aliphatic carbocycles. The number of benzene rings is 1.